The molecule has 0 fully saturated rings. The topological polar surface area (TPSA) is 33.1 Å². The van der Waals surface area contributed by atoms with Crippen molar-refractivity contribution in [1.82, 2.24) is 4.98 Å². The molecule has 14 heavy (non-hydrogen) atoms. The zero-order chi connectivity index (χ0) is 10.6. The Hall–Kier alpha value is -0.410. The van der Waals surface area contributed by atoms with Crippen LogP contribution in [0.1, 0.15) is 31.0 Å². The molecule has 0 aromatic carbocycles. The molecule has 0 aliphatic carbocycles. The van der Waals surface area contributed by atoms with E-state index >= 15 is 0 Å². The molecule has 78 valence electrons. The first-order chi connectivity index (χ1) is 6.63. The summed E-state index contributed by atoms with van der Waals surface area (Å²) in [4.78, 5) is 4.29. The molecule has 0 saturated heterocycles. The first kappa shape index (κ1) is 11.7. The maximum absolute atomic E-state index is 9.64. The van der Waals surface area contributed by atoms with Crippen molar-refractivity contribution in [3.05, 3.63) is 28.0 Å². The molecule has 1 unspecified atom stereocenters. The fraction of sp³-hybridized carbons (Fsp3) is 0.545. The normalized spacial score (nSPS) is 12.9. The van der Waals surface area contributed by atoms with Crippen molar-refractivity contribution in [3.8, 4) is 0 Å². The summed E-state index contributed by atoms with van der Waals surface area (Å²) in [5.41, 5.74) is 2.13. The number of aliphatic hydroxyl groups is 1. The van der Waals surface area contributed by atoms with Crippen LogP contribution < -0.4 is 0 Å². The van der Waals surface area contributed by atoms with Gasteiger partial charge in [-0.15, -0.1) is 0 Å². The van der Waals surface area contributed by atoms with Crippen LogP contribution in [0.3, 0.4) is 0 Å². The summed E-state index contributed by atoms with van der Waals surface area (Å²) in [6, 6.07) is 2.03. The molecule has 0 saturated carbocycles. The molecule has 1 rings (SSSR count). The number of rotatable bonds is 4. The molecule has 0 bridgehead atoms. The molecule has 1 atom stereocenters. The van der Waals surface area contributed by atoms with E-state index in [1.807, 2.05) is 13.0 Å². The third-order valence-electron chi connectivity index (χ3n) is 2.20. The van der Waals surface area contributed by atoms with Crippen LogP contribution in [0.4, 0.5) is 0 Å². The van der Waals surface area contributed by atoms with Crippen LogP contribution in [-0.4, -0.2) is 16.2 Å². The highest BCUT2D eigenvalue weighted by Gasteiger charge is 2.07. The largest absolute Gasteiger partial charge is 0.393 e. The quantitative estimate of drug-likeness (QED) is 0.900. The predicted octanol–water partition coefficient (Wildman–Crippen LogP) is 2.86. The Morgan fingerprint density at radius 3 is 2.86 bits per heavy atom. The fourth-order valence-electron chi connectivity index (χ4n) is 1.44. The number of hydrogen-bond donors (Lipinski definition) is 1. The van der Waals surface area contributed by atoms with Gasteiger partial charge >= 0.3 is 0 Å². The molecule has 2 nitrogen and oxygen atoms in total. The molecular formula is C11H16BrNO. The van der Waals surface area contributed by atoms with E-state index in [2.05, 4.69) is 27.8 Å². The summed E-state index contributed by atoms with van der Waals surface area (Å²) < 4.78 is 0.990. The van der Waals surface area contributed by atoms with E-state index in [9.17, 15) is 5.11 Å². The molecule has 1 heterocycles. The number of aliphatic hydroxyl groups excluding tert-OH is 1. The number of nitrogens with zero attached hydrogens (tertiary/aromatic N) is 1. The summed E-state index contributed by atoms with van der Waals surface area (Å²) in [6.07, 6.45) is 4.04. The zero-order valence-corrected chi connectivity index (χ0v) is 10.2. The van der Waals surface area contributed by atoms with Crippen molar-refractivity contribution in [2.75, 3.05) is 0 Å². The third kappa shape index (κ3) is 3.39. The van der Waals surface area contributed by atoms with Crippen molar-refractivity contribution in [2.45, 2.75) is 39.2 Å². The molecule has 0 spiro atoms. The Balaban J connectivity index is 2.67. The van der Waals surface area contributed by atoms with E-state index in [0.29, 0.717) is 6.42 Å². The number of aryl methyl sites for hydroxylation is 1. The highest BCUT2D eigenvalue weighted by molar-refractivity contribution is 9.10. The van der Waals surface area contributed by atoms with Crippen molar-refractivity contribution in [1.29, 1.82) is 0 Å². The minimum absolute atomic E-state index is 0.257. The van der Waals surface area contributed by atoms with Crippen LogP contribution in [0.2, 0.25) is 0 Å². The molecule has 1 aromatic rings. The second-order valence-corrected chi connectivity index (χ2v) is 4.48. The maximum Gasteiger partial charge on any atom is 0.0595 e. The van der Waals surface area contributed by atoms with Gasteiger partial charge in [-0.3, -0.25) is 4.98 Å². The predicted molar refractivity (Wildman–Crippen MR) is 61.3 cm³/mol. The molecule has 0 amide bonds. The summed E-state index contributed by atoms with van der Waals surface area (Å²) in [5.74, 6) is 0. The van der Waals surface area contributed by atoms with Gasteiger partial charge in [0.1, 0.15) is 0 Å². The number of halogens is 1. The fourth-order valence-corrected chi connectivity index (χ4v) is 1.89. The lowest BCUT2D eigenvalue weighted by atomic mass is 10.1. The molecule has 1 N–H and O–H groups in total. The van der Waals surface area contributed by atoms with Gasteiger partial charge in [-0.2, -0.15) is 0 Å². The lowest BCUT2D eigenvalue weighted by Crippen LogP contribution is -2.11. The van der Waals surface area contributed by atoms with Crippen LogP contribution in [0.5, 0.6) is 0 Å². The lowest BCUT2D eigenvalue weighted by Gasteiger charge is -2.10. The van der Waals surface area contributed by atoms with Gasteiger partial charge in [0.05, 0.1) is 6.10 Å². The van der Waals surface area contributed by atoms with Crippen LogP contribution in [0.25, 0.3) is 0 Å². The Bertz CT molecular complexity index is 301. The smallest absolute Gasteiger partial charge is 0.0595 e. The second kappa shape index (κ2) is 5.47. The van der Waals surface area contributed by atoms with E-state index in [1.54, 1.807) is 6.20 Å². The van der Waals surface area contributed by atoms with Crippen molar-refractivity contribution in [3.63, 3.8) is 0 Å². The first-order valence-corrected chi connectivity index (χ1v) is 5.72. The average Bonchev–Trinajstić information content (AvgIpc) is 2.10. The first-order valence-electron chi connectivity index (χ1n) is 4.92. The highest BCUT2D eigenvalue weighted by atomic mass is 79.9. The maximum atomic E-state index is 9.64. The van der Waals surface area contributed by atoms with Gasteiger partial charge in [0.15, 0.2) is 0 Å². The van der Waals surface area contributed by atoms with Crippen LogP contribution >= 0.6 is 15.9 Å². The standard InChI is InChI=1S/C11H16BrNO/c1-3-4-10(14)6-11-8(2)5-9(12)7-13-11/h5,7,10,14H,3-4,6H2,1-2H3. The van der Waals surface area contributed by atoms with Crippen LogP contribution in [0.15, 0.2) is 16.7 Å². The lowest BCUT2D eigenvalue weighted by molar-refractivity contribution is 0.162. The van der Waals surface area contributed by atoms with Gasteiger partial charge < -0.3 is 5.11 Å². The molecule has 1 aromatic heterocycles. The van der Waals surface area contributed by atoms with Crippen LogP contribution in [0, 0.1) is 6.92 Å². The van der Waals surface area contributed by atoms with E-state index < -0.39 is 0 Å². The summed E-state index contributed by atoms with van der Waals surface area (Å²) >= 11 is 3.37. The average molecular weight is 258 g/mol. The van der Waals surface area contributed by atoms with E-state index in [0.717, 1.165) is 28.6 Å². The Morgan fingerprint density at radius 2 is 2.29 bits per heavy atom. The molecular weight excluding hydrogens is 242 g/mol. The van der Waals surface area contributed by atoms with E-state index in [4.69, 9.17) is 0 Å². The minimum Gasteiger partial charge on any atom is -0.393 e. The third-order valence-corrected chi connectivity index (χ3v) is 2.64. The minimum atomic E-state index is -0.257. The van der Waals surface area contributed by atoms with Gasteiger partial charge in [0, 0.05) is 22.8 Å². The molecule has 0 aliphatic heterocycles. The zero-order valence-electron chi connectivity index (χ0n) is 8.63. The van der Waals surface area contributed by atoms with Gasteiger partial charge in [-0.05, 0) is 40.9 Å². The Labute approximate surface area is 93.5 Å². The summed E-state index contributed by atoms with van der Waals surface area (Å²) in [7, 11) is 0. The molecule has 3 heteroatoms. The van der Waals surface area contributed by atoms with Gasteiger partial charge in [-0.25, -0.2) is 0 Å². The van der Waals surface area contributed by atoms with E-state index in [1.165, 1.54) is 0 Å². The molecule has 0 aliphatic rings. The number of pyridine rings is 1. The van der Waals surface area contributed by atoms with E-state index in [-0.39, 0.29) is 6.10 Å². The summed E-state index contributed by atoms with van der Waals surface area (Å²) in [6.45, 7) is 4.09. The van der Waals surface area contributed by atoms with Gasteiger partial charge in [0.25, 0.3) is 0 Å². The summed E-state index contributed by atoms with van der Waals surface area (Å²) in [5, 5.41) is 9.64. The van der Waals surface area contributed by atoms with Gasteiger partial charge in [-0.1, -0.05) is 13.3 Å². The number of hydrogen-bond acceptors (Lipinski definition) is 2. The van der Waals surface area contributed by atoms with Crippen molar-refractivity contribution >= 4 is 15.9 Å². The Morgan fingerprint density at radius 1 is 1.57 bits per heavy atom. The second-order valence-electron chi connectivity index (χ2n) is 3.56. The monoisotopic (exact) mass is 257 g/mol. The Kier molecular flexibility index (Phi) is 4.55. The highest BCUT2D eigenvalue weighted by Crippen LogP contribution is 2.15. The van der Waals surface area contributed by atoms with Crippen molar-refractivity contribution < 1.29 is 5.11 Å². The van der Waals surface area contributed by atoms with Crippen molar-refractivity contribution in [2.24, 2.45) is 0 Å². The van der Waals surface area contributed by atoms with Gasteiger partial charge in [0.2, 0.25) is 0 Å². The SMILES string of the molecule is CCCC(O)Cc1ncc(Br)cc1C. The van der Waals surface area contributed by atoms with Crippen LogP contribution in [-0.2, 0) is 6.42 Å². The molecule has 0 radical (unpaired) electrons. The number of aromatic nitrogens is 1.